The zero-order valence-electron chi connectivity index (χ0n) is 16.0. The lowest BCUT2D eigenvalue weighted by Crippen LogP contribution is -2.05. The molecule has 0 saturated carbocycles. The molecule has 0 atom stereocenters. The van der Waals surface area contributed by atoms with Gasteiger partial charge in [0.2, 0.25) is 0 Å². The molecule has 0 radical (unpaired) electrons. The Hall–Kier alpha value is -3.92. The summed E-state index contributed by atoms with van der Waals surface area (Å²) < 4.78 is 20.9. The van der Waals surface area contributed by atoms with E-state index < -0.39 is 5.82 Å². The highest BCUT2D eigenvalue weighted by molar-refractivity contribution is 5.81. The molecule has 0 amide bonds. The number of aryl methyl sites for hydroxylation is 1. The normalized spacial score (nSPS) is 10.7. The van der Waals surface area contributed by atoms with Crippen LogP contribution in [0.5, 0.6) is 5.75 Å². The average molecular weight is 387 g/mol. The molecule has 2 aromatic carbocycles. The van der Waals surface area contributed by atoms with Gasteiger partial charge in [-0.25, -0.2) is 9.37 Å². The van der Waals surface area contributed by atoms with Gasteiger partial charge in [0.15, 0.2) is 17.2 Å². The number of nitrogens with zero attached hydrogens (tertiary/aromatic N) is 4. The first-order valence-electron chi connectivity index (χ1n) is 9.02. The molecule has 1 N–H and O–H groups in total. The van der Waals surface area contributed by atoms with Gasteiger partial charge in [0, 0.05) is 18.3 Å². The largest absolute Gasteiger partial charge is 0.494 e. The molecule has 0 bridgehead atoms. The second-order valence-corrected chi connectivity index (χ2v) is 6.54. The summed E-state index contributed by atoms with van der Waals surface area (Å²) in [5, 5.41) is 16.9. The van der Waals surface area contributed by atoms with E-state index >= 15 is 0 Å². The van der Waals surface area contributed by atoms with E-state index in [1.54, 1.807) is 35.0 Å². The van der Waals surface area contributed by atoms with Gasteiger partial charge in [0.1, 0.15) is 5.82 Å². The maximum atomic E-state index is 14.2. The number of rotatable bonds is 5. The van der Waals surface area contributed by atoms with E-state index in [1.807, 2.05) is 25.1 Å². The van der Waals surface area contributed by atoms with E-state index in [0.29, 0.717) is 23.3 Å². The predicted molar refractivity (Wildman–Crippen MR) is 108 cm³/mol. The van der Waals surface area contributed by atoms with E-state index in [0.717, 1.165) is 22.6 Å². The summed E-state index contributed by atoms with van der Waals surface area (Å²) in [5.41, 5.74) is 4.50. The SMILES string of the molecule is COc1ccc(-c2c(C)nn3c(NCc4ccc(C#N)cc4)ccnc23)cc1F. The Morgan fingerprint density at radius 1 is 1.17 bits per heavy atom. The highest BCUT2D eigenvalue weighted by Gasteiger charge is 2.16. The Bertz CT molecular complexity index is 1220. The van der Waals surface area contributed by atoms with Gasteiger partial charge in [-0.3, -0.25) is 0 Å². The molecule has 0 aliphatic rings. The van der Waals surface area contributed by atoms with Crippen molar-refractivity contribution in [1.29, 1.82) is 5.26 Å². The van der Waals surface area contributed by atoms with Crippen molar-refractivity contribution < 1.29 is 9.13 Å². The summed E-state index contributed by atoms with van der Waals surface area (Å²) in [6.07, 6.45) is 1.70. The molecule has 4 rings (SSSR count). The van der Waals surface area contributed by atoms with Crippen LogP contribution in [0.15, 0.2) is 54.7 Å². The van der Waals surface area contributed by atoms with Gasteiger partial charge < -0.3 is 10.1 Å². The number of fused-ring (bicyclic) bond motifs is 1. The molecule has 7 heteroatoms. The van der Waals surface area contributed by atoms with E-state index in [4.69, 9.17) is 10.00 Å². The molecule has 0 saturated heterocycles. The molecule has 0 aliphatic heterocycles. The van der Waals surface area contributed by atoms with Gasteiger partial charge in [-0.2, -0.15) is 14.9 Å². The Balaban J connectivity index is 1.68. The Labute approximate surface area is 167 Å². The fraction of sp³-hybridized carbons (Fsp3) is 0.136. The number of halogens is 1. The van der Waals surface area contributed by atoms with Crippen molar-refractivity contribution in [3.63, 3.8) is 0 Å². The van der Waals surface area contributed by atoms with Crippen molar-refractivity contribution in [3.05, 3.63) is 77.4 Å². The molecular weight excluding hydrogens is 369 g/mol. The van der Waals surface area contributed by atoms with E-state index in [2.05, 4.69) is 21.5 Å². The number of ether oxygens (including phenoxy) is 1. The molecule has 0 fully saturated rings. The highest BCUT2D eigenvalue weighted by atomic mass is 19.1. The minimum Gasteiger partial charge on any atom is -0.494 e. The van der Waals surface area contributed by atoms with Crippen LogP contribution in [0, 0.1) is 24.1 Å². The molecule has 0 aliphatic carbocycles. The molecule has 6 nitrogen and oxygen atoms in total. The molecular formula is C22H18FN5O. The number of hydrogen-bond donors (Lipinski definition) is 1. The lowest BCUT2D eigenvalue weighted by molar-refractivity contribution is 0.386. The third-order valence-corrected chi connectivity index (χ3v) is 4.69. The van der Waals surface area contributed by atoms with Crippen LogP contribution in [0.2, 0.25) is 0 Å². The minimum atomic E-state index is -0.432. The van der Waals surface area contributed by atoms with E-state index in [9.17, 15) is 4.39 Å². The van der Waals surface area contributed by atoms with Gasteiger partial charge in [0.05, 0.1) is 24.4 Å². The van der Waals surface area contributed by atoms with Crippen LogP contribution in [-0.4, -0.2) is 21.7 Å². The zero-order chi connectivity index (χ0) is 20.4. The monoisotopic (exact) mass is 387 g/mol. The first-order chi connectivity index (χ1) is 14.1. The molecule has 4 aromatic rings. The molecule has 0 unspecified atom stereocenters. The van der Waals surface area contributed by atoms with Crippen molar-refractivity contribution in [2.24, 2.45) is 0 Å². The smallest absolute Gasteiger partial charge is 0.165 e. The summed E-state index contributed by atoms with van der Waals surface area (Å²) in [4.78, 5) is 4.46. The molecule has 29 heavy (non-hydrogen) atoms. The van der Waals surface area contributed by atoms with Crippen molar-refractivity contribution in [3.8, 4) is 22.9 Å². The van der Waals surface area contributed by atoms with E-state index in [-0.39, 0.29) is 5.75 Å². The fourth-order valence-corrected chi connectivity index (χ4v) is 3.23. The van der Waals surface area contributed by atoms with Crippen LogP contribution in [-0.2, 0) is 6.54 Å². The summed E-state index contributed by atoms with van der Waals surface area (Å²) in [6.45, 7) is 2.44. The van der Waals surface area contributed by atoms with Crippen molar-refractivity contribution >= 4 is 11.5 Å². The lowest BCUT2D eigenvalue weighted by atomic mass is 10.1. The lowest BCUT2D eigenvalue weighted by Gasteiger charge is -2.09. The fourth-order valence-electron chi connectivity index (χ4n) is 3.23. The zero-order valence-corrected chi connectivity index (χ0v) is 16.0. The molecule has 144 valence electrons. The number of nitrogens with one attached hydrogen (secondary N) is 1. The third-order valence-electron chi connectivity index (χ3n) is 4.69. The number of anilines is 1. The van der Waals surface area contributed by atoms with Crippen LogP contribution < -0.4 is 10.1 Å². The predicted octanol–water partition coefficient (Wildman–Crippen LogP) is 4.34. The van der Waals surface area contributed by atoms with Crippen LogP contribution in [0.3, 0.4) is 0 Å². The first-order valence-corrected chi connectivity index (χ1v) is 9.02. The Kier molecular flexibility index (Phi) is 4.83. The van der Waals surface area contributed by atoms with Gasteiger partial charge in [0.25, 0.3) is 0 Å². The Morgan fingerprint density at radius 3 is 2.66 bits per heavy atom. The van der Waals surface area contributed by atoms with Gasteiger partial charge in [-0.1, -0.05) is 18.2 Å². The van der Waals surface area contributed by atoms with Crippen LogP contribution >= 0.6 is 0 Å². The maximum Gasteiger partial charge on any atom is 0.165 e. The van der Waals surface area contributed by atoms with Crippen molar-refractivity contribution in [2.75, 3.05) is 12.4 Å². The number of hydrogen-bond acceptors (Lipinski definition) is 5. The topological polar surface area (TPSA) is 75.2 Å². The number of nitriles is 1. The maximum absolute atomic E-state index is 14.2. The van der Waals surface area contributed by atoms with Crippen LogP contribution in [0.4, 0.5) is 10.2 Å². The van der Waals surface area contributed by atoms with Gasteiger partial charge in [-0.15, -0.1) is 0 Å². The molecule has 2 aromatic heterocycles. The van der Waals surface area contributed by atoms with E-state index in [1.165, 1.54) is 13.2 Å². The minimum absolute atomic E-state index is 0.195. The molecule has 2 heterocycles. The Morgan fingerprint density at radius 2 is 1.97 bits per heavy atom. The average Bonchev–Trinajstić information content (AvgIpc) is 3.09. The molecule has 0 spiro atoms. The van der Waals surface area contributed by atoms with Gasteiger partial charge in [-0.05, 0) is 48.4 Å². The summed E-state index contributed by atoms with van der Waals surface area (Å²) in [7, 11) is 1.44. The third kappa shape index (κ3) is 3.48. The van der Waals surface area contributed by atoms with Crippen LogP contribution in [0.25, 0.3) is 16.8 Å². The summed E-state index contributed by atoms with van der Waals surface area (Å²) in [5.74, 6) is 0.530. The standard InChI is InChI=1S/C22H18FN5O/c1-14-21(17-7-8-19(29-2)18(23)11-17)22-25-10-9-20(28(22)27-14)26-13-16-5-3-15(12-24)4-6-16/h3-11,26H,13H2,1-2H3. The second-order valence-electron chi connectivity index (χ2n) is 6.54. The highest BCUT2D eigenvalue weighted by Crippen LogP contribution is 2.31. The number of methoxy groups -OCH3 is 1. The van der Waals surface area contributed by atoms with Crippen LogP contribution in [0.1, 0.15) is 16.8 Å². The quantitative estimate of drug-likeness (QED) is 0.551. The summed E-state index contributed by atoms with van der Waals surface area (Å²) >= 11 is 0. The van der Waals surface area contributed by atoms with Crippen molar-refractivity contribution in [2.45, 2.75) is 13.5 Å². The van der Waals surface area contributed by atoms with Crippen molar-refractivity contribution in [1.82, 2.24) is 14.6 Å². The first kappa shape index (κ1) is 18.4. The van der Waals surface area contributed by atoms with Gasteiger partial charge >= 0.3 is 0 Å². The number of benzene rings is 2. The second kappa shape index (κ2) is 7.60. The summed E-state index contributed by atoms with van der Waals surface area (Å²) in [6, 6.07) is 16.2. The number of aromatic nitrogens is 3.